The van der Waals surface area contributed by atoms with Crippen LogP contribution in [0.15, 0.2) is 30.5 Å². The maximum atomic E-state index is 4.71. The zero-order valence-electron chi connectivity index (χ0n) is 11.0. The summed E-state index contributed by atoms with van der Waals surface area (Å²) in [7, 11) is 0. The number of hydrogen-bond acceptors (Lipinski definition) is 2. The number of nitrogens with zero attached hydrogens (tertiary/aromatic N) is 2. The van der Waals surface area contributed by atoms with E-state index in [2.05, 4.69) is 42.9 Å². The van der Waals surface area contributed by atoms with Crippen molar-refractivity contribution in [2.45, 2.75) is 27.2 Å². The minimum Gasteiger partial charge on any atom is -0.352 e. The van der Waals surface area contributed by atoms with Crippen molar-refractivity contribution in [3.8, 4) is 0 Å². The van der Waals surface area contributed by atoms with Crippen molar-refractivity contribution >= 4 is 21.9 Å². The number of aromatic amines is 1. The van der Waals surface area contributed by atoms with Gasteiger partial charge in [0.1, 0.15) is 5.82 Å². The first-order valence-corrected chi connectivity index (χ1v) is 6.25. The quantitative estimate of drug-likeness (QED) is 0.703. The standard InChI is InChI=1S/C15H17N3/c1-15(2,3)8-13-16-9-12-14(18-13)10-6-4-5-7-11(10)17-12/h4-7,9,17H,8H2,1-3H3. The number of benzene rings is 1. The molecule has 3 heteroatoms. The Kier molecular flexibility index (Phi) is 2.37. The van der Waals surface area contributed by atoms with Crippen molar-refractivity contribution in [2.75, 3.05) is 0 Å². The van der Waals surface area contributed by atoms with Gasteiger partial charge in [0.05, 0.1) is 17.2 Å². The van der Waals surface area contributed by atoms with Crippen molar-refractivity contribution in [1.82, 2.24) is 15.0 Å². The highest BCUT2D eigenvalue weighted by Crippen LogP contribution is 2.24. The lowest BCUT2D eigenvalue weighted by Crippen LogP contribution is -2.11. The van der Waals surface area contributed by atoms with Crippen LogP contribution < -0.4 is 0 Å². The third kappa shape index (κ3) is 1.96. The summed E-state index contributed by atoms with van der Waals surface area (Å²) in [5, 5.41) is 1.17. The lowest BCUT2D eigenvalue weighted by molar-refractivity contribution is 0.401. The number of rotatable bonds is 1. The van der Waals surface area contributed by atoms with Gasteiger partial charge in [-0.15, -0.1) is 0 Å². The number of fused-ring (bicyclic) bond motifs is 3. The van der Waals surface area contributed by atoms with Crippen LogP contribution in [0.5, 0.6) is 0 Å². The smallest absolute Gasteiger partial charge is 0.129 e. The van der Waals surface area contributed by atoms with Crippen LogP contribution in [0.2, 0.25) is 0 Å². The monoisotopic (exact) mass is 239 g/mol. The molecule has 0 spiro atoms. The van der Waals surface area contributed by atoms with Crippen molar-refractivity contribution in [3.05, 3.63) is 36.3 Å². The molecule has 0 atom stereocenters. The van der Waals surface area contributed by atoms with Gasteiger partial charge in [-0.2, -0.15) is 0 Å². The Labute approximate surface area is 106 Å². The molecule has 1 N–H and O–H groups in total. The Morgan fingerprint density at radius 3 is 2.67 bits per heavy atom. The van der Waals surface area contributed by atoms with Crippen LogP contribution in [0.4, 0.5) is 0 Å². The van der Waals surface area contributed by atoms with Gasteiger partial charge in [-0.1, -0.05) is 39.0 Å². The van der Waals surface area contributed by atoms with Crippen LogP contribution in [0.1, 0.15) is 26.6 Å². The van der Waals surface area contributed by atoms with E-state index in [1.807, 2.05) is 18.3 Å². The third-order valence-electron chi connectivity index (χ3n) is 2.98. The van der Waals surface area contributed by atoms with Crippen LogP contribution in [0.3, 0.4) is 0 Å². The molecule has 2 heterocycles. The Bertz CT molecular complexity index is 704. The van der Waals surface area contributed by atoms with Gasteiger partial charge in [-0.25, -0.2) is 9.97 Å². The number of hydrogen-bond donors (Lipinski definition) is 1. The van der Waals surface area contributed by atoms with Crippen LogP contribution in [0, 0.1) is 5.41 Å². The zero-order valence-corrected chi connectivity index (χ0v) is 11.0. The topological polar surface area (TPSA) is 41.6 Å². The molecule has 18 heavy (non-hydrogen) atoms. The molecule has 0 radical (unpaired) electrons. The first kappa shape index (κ1) is 11.2. The predicted molar refractivity (Wildman–Crippen MR) is 74.6 cm³/mol. The normalized spacial score (nSPS) is 12.4. The summed E-state index contributed by atoms with van der Waals surface area (Å²) in [5.41, 5.74) is 3.36. The summed E-state index contributed by atoms with van der Waals surface area (Å²) in [5.74, 6) is 0.916. The molecule has 0 bridgehead atoms. The van der Waals surface area contributed by atoms with Crippen LogP contribution in [-0.2, 0) is 6.42 Å². The zero-order chi connectivity index (χ0) is 12.8. The maximum absolute atomic E-state index is 4.71. The number of aromatic nitrogens is 3. The van der Waals surface area contributed by atoms with Gasteiger partial charge in [-0.3, -0.25) is 0 Å². The van der Waals surface area contributed by atoms with Gasteiger partial charge < -0.3 is 4.98 Å². The first-order valence-electron chi connectivity index (χ1n) is 6.25. The fourth-order valence-electron chi connectivity index (χ4n) is 2.22. The molecule has 3 aromatic rings. The van der Waals surface area contributed by atoms with Gasteiger partial charge in [0.15, 0.2) is 0 Å². The minimum atomic E-state index is 0.208. The molecule has 0 unspecified atom stereocenters. The third-order valence-corrected chi connectivity index (χ3v) is 2.98. The molecule has 3 rings (SSSR count). The number of H-pyrrole nitrogens is 1. The summed E-state index contributed by atoms with van der Waals surface area (Å²) < 4.78 is 0. The van der Waals surface area contributed by atoms with E-state index >= 15 is 0 Å². The molecule has 0 saturated heterocycles. The molecule has 0 saturated carbocycles. The second-order valence-corrected chi connectivity index (χ2v) is 5.96. The molecule has 0 aliphatic rings. The molecule has 0 amide bonds. The van der Waals surface area contributed by atoms with E-state index in [0.717, 1.165) is 28.8 Å². The fourth-order valence-corrected chi connectivity index (χ4v) is 2.22. The summed E-state index contributed by atoms with van der Waals surface area (Å²) in [6.07, 6.45) is 2.78. The second-order valence-electron chi connectivity index (χ2n) is 5.96. The van der Waals surface area contributed by atoms with Crippen molar-refractivity contribution in [3.63, 3.8) is 0 Å². The Morgan fingerprint density at radius 2 is 1.89 bits per heavy atom. The molecule has 1 aromatic carbocycles. The summed E-state index contributed by atoms with van der Waals surface area (Å²) >= 11 is 0. The lowest BCUT2D eigenvalue weighted by Gasteiger charge is -2.16. The van der Waals surface area contributed by atoms with E-state index in [1.165, 1.54) is 5.39 Å². The average molecular weight is 239 g/mol. The highest BCUT2D eigenvalue weighted by Gasteiger charge is 2.14. The summed E-state index contributed by atoms with van der Waals surface area (Å²) in [4.78, 5) is 12.5. The van der Waals surface area contributed by atoms with E-state index in [0.29, 0.717) is 0 Å². The number of para-hydroxylation sites is 1. The Balaban J connectivity index is 2.18. The van der Waals surface area contributed by atoms with Gasteiger partial charge >= 0.3 is 0 Å². The van der Waals surface area contributed by atoms with Crippen LogP contribution >= 0.6 is 0 Å². The van der Waals surface area contributed by atoms with Crippen molar-refractivity contribution < 1.29 is 0 Å². The highest BCUT2D eigenvalue weighted by atomic mass is 14.9. The molecule has 0 aliphatic heterocycles. The van der Waals surface area contributed by atoms with Gasteiger partial charge in [0, 0.05) is 17.3 Å². The van der Waals surface area contributed by atoms with E-state index < -0.39 is 0 Å². The Morgan fingerprint density at radius 1 is 1.11 bits per heavy atom. The highest BCUT2D eigenvalue weighted by molar-refractivity contribution is 6.04. The van der Waals surface area contributed by atoms with Gasteiger partial charge in [0.2, 0.25) is 0 Å². The SMILES string of the molecule is CC(C)(C)Cc1ncc2[nH]c3ccccc3c2n1. The van der Waals surface area contributed by atoms with Gasteiger partial charge in [-0.05, 0) is 11.5 Å². The van der Waals surface area contributed by atoms with Crippen molar-refractivity contribution in [1.29, 1.82) is 0 Å². The van der Waals surface area contributed by atoms with E-state index in [9.17, 15) is 0 Å². The minimum absolute atomic E-state index is 0.208. The van der Waals surface area contributed by atoms with Crippen LogP contribution in [-0.4, -0.2) is 15.0 Å². The van der Waals surface area contributed by atoms with E-state index in [-0.39, 0.29) is 5.41 Å². The predicted octanol–water partition coefficient (Wildman–Crippen LogP) is 3.70. The molecule has 3 nitrogen and oxygen atoms in total. The summed E-state index contributed by atoms with van der Waals surface area (Å²) in [6.45, 7) is 6.61. The van der Waals surface area contributed by atoms with Gasteiger partial charge in [0.25, 0.3) is 0 Å². The van der Waals surface area contributed by atoms with E-state index in [4.69, 9.17) is 4.98 Å². The average Bonchev–Trinajstić information content (AvgIpc) is 2.65. The maximum Gasteiger partial charge on any atom is 0.129 e. The molecular formula is C15H17N3. The molecular weight excluding hydrogens is 222 g/mol. The van der Waals surface area contributed by atoms with E-state index in [1.54, 1.807) is 0 Å². The van der Waals surface area contributed by atoms with Crippen LogP contribution in [0.25, 0.3) is 21.9 Å². The van der Waals surface area contributed by atoms with Crippen molar-refractivity contribution in [2.24, 2.45) is 5.41 Å². The lowest BCUT2D eigenvalue weighted by atomic mass is 9.92. The molecule has 92 valence electrons. The Hall–Kier alpha value is -1.90. The second kappa shape index (κ2) is 3.80. The molecule has 2 aromatic heterocycles. The molecule has 0 fully saturated rings. The number of nitrogens with one attached hydrogen (secondary N) is 1. The summed E-state index contributed by atoms with van der Waals surface area (Å²) in [6, 6.07) is 8.24. The fraction of sp³-hybridized carbons (Fsp3) is 0.333. The first-order chi connectivity index (χ1) is 8.53. The molecule has 0 aliphatic carbocycles. The largest absolute Gasteiger partial charge is 0.352 e.